The van der Waals surface area contributed by atoms with Gasteiger partial charge in [0.2, 0.25) is 11.8 Å². The van der Waals surface area contributed by atoms with E-state index in [1.165, 1.54) is 11.8 Å². The monoisotopic (exact) mass is 526 g/mol. The van der Waals surface area contributed by atoms with E-state index in [1.807, 2.05) is 37.3 Å². The third-order valence-electron chi connectivity index (χ3n) is 5.81. The maximum atomic E-state index is 13.3. The van der Waals surface area contributed by atoms with Crippen molar-refractivity contribution in [3.05, 3.63) is 68.7 Å². The second-order valence-electron chi connectivity index (χ2n) is 8.31. The average Bonchev–Trinajstić information content (AvgIpc) is 3.29. The molecule has 1 fully saturated rings. The zero-order valence-corrected chi connectivity index (χ0v) is 21.7. The number of hydrogen-bond acceptors (Lipinski definition) is 3. The molecule has 4 nitrogen and oxygen atoms in total. The van der Waals surface area contributed by atoms with Crippen molar-refractivity contribution in [3.63, 3.8) is 0 Å². The van der Waals surface area contributed by atoms with E-state index in [0.29, 0.717) is 33.8 Å². The molecule has 0 aliphatic heterocycles. The number of nitrogens with one attached hydrogen (secondary N) is 1. The van der Waals surface area contributed by atoms with E-state index >= 15 is 0 Å². The summed E-state index contributed by atoms with van der Waals surface area (Å²) >= 11 is 19.8. The molecule has 8 heteroatoms. The smallest absolute Gasteiger partial charge is 0.243 e. The third-order valence-corrected chi connectivity index (χ3v) is 7.77. The number of halogens is 3. The highest BCUT2D eigenvalue weighted by molar-refractivity contribution is 7.99. The van der Waals surface area contributed by atoms with Crippen LogP contribution in [0.25, 0.3) is 0 Å². The summed E-state index contributed by atoms with van der Waals surface area (Å²) in [6.45, 7) is 2.23. The Bertz CT molecular complexity index is 966. The summed E-state index contributed by atoms with van der Waals surface area (Å²) in [5.41, 5.74) is 1.90. The maximum absolute atomic E-state index is 13.3. The van der Waals surface area contributed by atoms with E-state index in [2.05, 4.69) is 5.32 Å². The van der Waals surface area contributed by atoms with Crippen LogP contribution in [0.15, 0.2) is 42.5 Å². The van der Waals surface area contributed by atoms with Crippen LogP contribution in [0, 0.1) is 0 Å². The molecule has 2 amide bonds. The van der Waals surface area contributed by atoms with Gasteiger partial charge < -0.3 is 10.2 Å². The molecule has 0 saturated heterocycles. The largest absolute Gasteiger partial charge is 0.352 e. The minimum Gasteiger partial charge on any atom is -0.352 e. The molecule has 2 aromatic rings. The van der Waals surface area contributed by atoms with Crippen molar-refractivity contribution in [1.82, 2.24) is 10.2 Å². The summed E-state index contributed by atoms with van der Waals surface area (Å²) in [6.07, 6.45) is 4.79. The molecule has 1 atom stereocenters. The van der Waals surface area contributed by atoms with Crippen molar-refractivity contribution >= 4 is 58.4 Å². The standard InChI is InChI=1S/C25H29Cl3N2O2S/c1-2-23(25(32)29-20-8-3-4-9-20)30(14-17-10-11-21(27)22(28)13-17)24(31)16-33-15-18-6-5-7-19(26)12-18/h5-7,10-13,20,23H,2-4,8-9,14-16H2,1H3,(H,29,32). The van der Waals surface area contributed by atoms with Gasteiger partial charge in [-0.3, -0.25) is 9.59 Å². The summed E-state index contributed by atoms with van der Waals surface area (Å²) in [7, 11) is 0. The van der Waals surface area contributed by atoms with Gasteiger partial charge in [0, 0.05) is 23.4 Å². The van der Waals surface area contributed by atoms with Crippen molar-refractivity contribution in [2.24, 2.45) is 0 Å². The van der Waals surface area contributed by atoms with Gasteiger partial charge in [-0.15, -0.1) is 11.8 Å². The van der Waals surface area contributed by atoms with E-state index in [4.69, 9.17) is 34.8 Å². The number of carbonyl (C=O) groups is 2. The fourth-order valence-electron chi connectivity index (χ4n) is 4.09. The van der Waals surface area contributed by atoms with E-state index < -0.39 is 6.04 Å². The second-order valence-corrected chi connectivity index (χ2v) is 10.5. The van der Waals surface area contributed by atoms with Gasteiger partial charge in [-0.05, 0) is 54.7 Å². The molecule has 3 rings (SSSR count). The van der Waals surface area contributed by atoms with Gasteiger partial charge in [-0.2, -0.15) is 0 Å². The van der Waals surface area contributed by atoms with E-state index in [1.54, 1.807) is 17.0 Å². The molecule has 0 spiro atoms. The lowest BCUT2D eigenvalue weighted by atomic mass is 10.1. The van der Waals surface area contributed by atoms with Crippen LogP contribution in [0.5, 0.6) is 0 Å². The molecule has 2 aromatic carbocycles. The van der Waals surface area contributed by atoms with Crippen LogP contribution >= 0.6 is 46.6 Å². The molecule has 0 bridgehead atoms. The first-order chi connectivity index (χ1) is 15.9. The molecule has 0 aromatic heterocycles. The predicted octanol–water partition coefficient (Wildman–Crippen LogP) is 6.75. The highest BCUT2D eigenvalue weighted by Crippen LogP contribution is 2.25. The lowest BCUT2D eigenvalue weighted by Crippen LogP contribution is -2.51. The van der Waals surface area contributed by atoms with Gasteiger partial charge in [0.15, 0.2) is 0 Å². The number of amides is 2. The normalized spacial score (nSPS) is 14.8. The predicted molar refractivity (Wildman–Crippen MR) is 139 cm³/mol. The van der Waals surface area contributed by atoms with Gasteiger partial charge in [-0.1, -0.05) is 72.8 Å². The molecule has 1 unspecified atom stereocenters. The average molecular weight is 528 g/mol. The van der Waals surface area contributed by atoms with Gasteiger partial charge in [0.05, 0.1) is 15.8 Å². The number of thioether (sulfide) groups is 1. The summed E-state index contributed by atoms with van der Waals surface area (Å²) in [6, 6.07) is 12.6. The fourth-order valence-corrected chi connectivity index (χ4v) is 5.48. The number of rotatable bonds is 10. The highest BCUT2D eigenvalue weighted by Gasteiger charge is 2.30. The van der Waals surface area contributed by atoms with Gasteiger partial charge in [0.1, 0.15) is 6.04 Å². The maximum Gasteiger partial charge on any atom is 0.243 e. The second kappa shape index (κ2) is 12.9. The third kappa shape index (κ3) is 7.81. The SMILES string of the molecule is CCC(C(=O)NC1CCCC1)N(Cc1ccc(Cl)c(Cl)c1)C(=O)CSCc1cccc(Cl)c1. The highest BCUT2D eigenvalue weighted by atomic mass is 35.5. The summed E-state index contributed by atoms with van der Waals surface area (Å²) in [5.74, 6) is 0.762. The molecule has 1 aliphatic rings. The molecule has 1 N–H and O–H groups in total. The molecule has 1 aliphatic carbocycles. The Morgan fingerprint density at radius 3 is 2.48 bits per heavy atom. The Hall–Kier alpha value is -1.40. The minimum atomic E-state index is -0.542. The lowest BCUT2D eigenvalue weighted by molar-refractivity contribution is -0.139. The molecular formula is C25H29Cl3N2O2S. The van der Waals surface area contributed by atoms with Crippen molar-refractivity contribution in [3.8, 4) is 0 Å². The fraction of sp³-hybridized carbons (Fsp3) is 0.440. The van der Waals surface area contributed by atoms with Gasteiger partial charge in [-0.25, -0.2) is 0 Å². The Morgan fingerprint density at radius 2 is 1.82 bits per heavy atom. The van der Waals surface area contributed by atoms with Crippen LogP contribution in [-0.4, -0.2) is 34.6 Å². The van der Waals surface area contributed by atoms with Crippen LogP contribution in [0.2, 0.25) is 15.1 Å². The summed E-state index contributed by atoms with van der Waals surface area (Å²) in [5, 5.41) is 4.72. The Labute approximate surface area is 215 Å². The van der Waals surface area contributed by atoms with Crippen LogP contribution < -0.4 is 5.32 Å². The van der Waals surface area contributed by atoms with Crippen LogP contribution in [0.1, 0.15) is 50.2 Å². The zero-order valence-electron chi connectivity index (χ0n) is 18.7. The number of carbonyl (C=O) groups excluding carboxylic acids is 2. The zero-order chi connectivity index (χ0) is 23.8. The van der Waals surface area contributed by atoms with Gasteiger partial charge >= 0.3 is 0 Å². The first-order valence-corrected chi connectivity index (χ1v) is 13.5. The van der Waals surface area contributed by atoms with E-state index in [-0.39, 0.29) is 23.6 Å². The first-order valence-electron chi connectivity index (χ1n) is 11.2. The molecule has 0 heterocycles. The summed E-state index contributed by atoms with van der Waals surface area (Å²) < 4.78 is 0. The lowest BCUT2D eigenvalue weighted by Gasteiger charge is -2.31. The van der Waals surface area contributed by atoms with Crippen molar-refractivity contribution in [1.29, 1.82) is 0 Å². The van der Waals surface area contributed by atoms with Crippen molar-refractivity contribution in [2.75, 3.05) is 5.75 Å². The number of benzene rings is 2. The first kappa shape index (κ1) is 26.2. The van der Waals surface area contributed by atoms with Crippen LogP contribution in [0.3, 0.4) is 0 Å². The van der Waals surface area contributed by atoms with Gasteiger partial charge in [0.25, 0.3) is 0 Å². The van der Waals surface area contributed by atoms with Crippen LogP contribution in [0.4, 0.5) is 0 Å². The molecule has 178 valence electrons. The molecular weight excluding hydrogens is 499 g/mol. The van der Waals surface area contributed by atoms with E-state index in [0.717, 1.165) is 36.8 Å². The Balaban J connectivity index is 1.72. The van der Waals surface area contributed by atoms with E-state index in [9.17, 15) is 9.59 Å². The van der Waals surface area contributed by atoms with Crippen molar-refractivity contribution < 1.29 is 9.59 Å². The molecule has 1 saturated carbocycles. The summed E-state index contributed by atoms with van der Waals surface area (Å²) in [4.78, 5) is 28.2. The topological polar surface area (TPSA) is 49.4 Å². The minimum absolute atomic E-state index is 0.0819. The Kier molecular flexibility index (Phi) is 10.2. The molecule has 0 radical (unpaired) electrons. The quantitative estimate of drug-likeness (QED) is 0.372. The van der Waals surface area contributed by atoms with Crippen LogP contribution in [-0.2, 0) is 21.9 Å². The molecule has 33 heavy (non-hydrogen) atoms. The number of hydrogen-bond donors (Lipinski definition) is 1. The number of nitrogens with zero attached hydrogens (tertiary/aromatic N) is 1. The Morgan fingerprint density at radius 1 is 1.06 bits per heavy atom. The van der Waals surface area contributed by atoms with Crippen molar-refractivity contribution in [2.45, 2.75) is 63.4 Å².